The van der Waals surface area contributed by atoms with Gasteiger partial charge in [-0.3, -0.25) is 4.90 Å². The van der Waals surface area contributed by atoms with Crippen LogP contribution in [0, 0.1) is 16.7 Å². The van der Waals surface area contributed by atoms with Gasteiger partial charge in [-0.1, -0.05) is 59.3 Å². The number of nitrogens with zero attached hydrogens (tertiary/aromatic N) is 1. The molecule has 1 rings (SSSR count). The molecule has 0 saturated heterocycles. The topological polar surface area (TPSA) is 23.5 Å². The lowest BCUT2D eigenvalue weighted by Crippen LogP contribution is -2.58. The lowest BCUT2D eigenvalue weighted by molar-refractivity contribution is -0.121. The molecule has 0 heterocycles. The zero-order valence-corrected chi connectivity index (χ0v) is 14.1. The molecule has 1 N–H and O–H groups in total. The minimum atomic E-state index is -0.921. The average Bonchev–Trinajstić information content (AvgIpc) is 2.17. The van der Waals surface area contributed by atoms with Gasteiger partial charge in [0.1, 0.15) is 5.72 Å². The molecule has 0 fully saturated rings. The van der Waals surface area contributed by atoms with Gasteiger partial charge in [0.2, 0.25) is 0 Å². The Morgan fingerprint density at radius 2 is 1.58 bits per heavy atom. The fraction of sp³-hybridized carbons (Fsp3) is 0.765. The van der Waals surface area contributed by atoms with Gasteiger partial charge in [-0.2, -0.15) is 0 Å². The van der Waals surface area contributed by atoms with Crippen molar-refractivity contribution in [2.24, 2.45) is 16.7 Å². The fourth-order valence-electron chi connectivity index (χ4n) is 3.07. The summed E-state index contributed by atoms with van der Waals surface area (Å²) in [5.74, 6) is 0.0780. The van der Waals surface area contributed by atoms with Crippen LogP contribution in [0.4, 0.5) is 0 Å². The molecule has 2 heteroatoms. The largest absolute Gasteiger partial charge is 0.371 e. The Labute approximate surface area is 119 Å². The number of hydrogen-bond acceptors (Lipinski definition) is 2. The molecule has 110 valence electrons. The van der Waals surface area contributed by atoms with Crippen LogP contribution in [0.25, 0.3) is 0 Å². The molecular weight excluding hydrogens is 234 g/mol. The quantitative estimate of drug-likeness (QED) is 0.728. The fourth-order valence-corrected chi connectivity index (χ4v) is 3.07. The minimum Gasteiger partial charge on any atom is -0.371 e. The molecule has 1 aliphatic rings. The Morgan fingerprint density at radius 1 is 1.11 bits per heavy atom. The van der Waals surface area contributed by atoms with Gasteiger partial charge in [0.25, 0.3) is 0 Å². The van der Waals surface area contributed by atoms with Crippen LogP contribution in [-0.4, -0.2) is 29.8 Å². The van der Waals surface area contributed by atoms with Crippen LogP contribution in [0.3, 0.4) is 0 Å². The van der Waals surface area contributed by atoms with E-state index in [0.717, 1.165) is 5.57 Å². The van der Waals surface area contributed by atoms with Crippen molar-refractivity contribution in [3.8, 4) is 0 Å². The summed E-state index contributed by atoms with van der Waals surface area (Å²) in [6.07, 6.45) is 4.37. The molecule has 1 aliphatic carbocycles. The standard InChI is InChI=1S/C17H31NO/c1-12-10-13(15(2,3)4)17(19,18(8)9)14(11-12)16(5,6)7/h10-11,13,19H,1-9H3. The van der Waals surface area contributed by atoms with Gasteiger partial charge in [-0.25, -0.2) is 0 Å². The van der Waals surface area contributed by atoms with Gasteiger partial charge in [0.05, 0.1) is 0 Å². The van der Waals surface area contributed by atoms with E-state index < -0.39 is 5.72 Å². The van der Waals surface area contributed by atoms with Crippen LogP contribution in [0.5, 0.6) is 0 Å². The maximum absolute atomic E-state index is 11.5. The third kappa shape index (κ3) is 2.95. The molecule has 0 amide bonds. The van der Waals surface area contributed by atoms with E-state index in [1.807, 2.05) is 19.0 Å². The third-order valence-corrected chi connectivity index (χ3v) is 4.05. The van der Waals surface area contributed by atoms with Crippen molar-refractivity contribution in [3.63, 3.8) is 0 Å². The molecule has 0 spiro atoms. The summed E-state index contributed by atoms with van der Waals surface area (Å²) < 4.78 is 0. The molecule has 0 aliphatic heterocycles. The van der Waals surface area contributed by atoms with Crippen LogP contribution in [0.2, 0.25) is 0 Å². The van der Waals surface area contributed by atoms with Crippen molar-refractivity contribution < 1.29 is 5.11 Å². The van der Waals surface area contributed by atoms with Crippen molar-refractivity contribution in [1.82, 2.24) is 4.90 Å². The van der Waals surface area contributed by atoms with Crippen LogP contribution in [-0.2, 0) is 0 Å². The summed E-state index contributed by atoms with van der Waals surface area (Å²) in [6, 6.07) is 0. The van der Waals surface area contributed by atoms with E-state index in [1.165, 1.54) is 5.57 Å². The molecule has 0 radical (unpaired) electrons. The highest BCUT2D eigenvalue weighted by atomic mass is 16.3. The highest BCUT2D eigenvalue weighted by Crippen LogP contribution is 2.49. The summed E-state index contributed by atoms with van der Waals surface area (Å²) in [7, 11) is 3.93. The molecule has 0 aromatic heterocycles. The van der Waals surface area contributed by atoms with Crippen molar-refractivity contribution in [2.75, 3.05) is 14.1 Å². The van der Waals surface area contributed by atoms with Gasteiger partial charge in [-0.15, -0.1) is 0 Å². The molecule has 0 aromatic rings. The summed E-state index contributed by atoms with van der Waals surface area (Å²) in [5, 5.41) is 11.5. The number of likely N-dealkylation sites (N-methyl/N-ethyl adjacent to an activating group) is 1. The van der Waals surface area contributed by atoms with E-state index in [-0.39, 0.29) is 16.7 Å². The van der Waals surface area contributed by atoms with Crippen molar-refractivity contribution >= 4 is 0 Å². The number of rotatable bonds is 1. The molecule has 0 bridgehead atoms. The summed E-state index contributed by atoms with van der Waals surface area (Å²) in [5.41, 5.74) is 1.38. The van der Waals surface area contributed by atoms with Crippen molar-refractivity contribution in [2.45, 2.75) is 54.2 Å². The molecule has 2 nitrogen and oxygen atoms in total. The Bertz CT molecular complexity index is 404. The van der Waals surface area contributed by atoms with E-state index >= 15 is 0 Å². The Hall–Kier alpha value is -0.600. The first-order valence-corrected chi connectivity index (χ1v) is 7.12. The van der Waals surface area contributed by atoms with Gasteiger partial charge in [0.15, 0.2) is 0 Å². The summed E-state index contributed by atoms with van der Waals surface area (Å²) >= 11 is 0. The average molecular weight is 265 g/mol. The zero-order valence-electron chi connectivity index (χ0n) is 14.1. The van der Waals surface area contributed by atoms with Crippen molar-refractivity contribution in [1.29, 1.82) is 0 Å². The molecule has 2 atom stereocenters. The summed E-state index contributed by atoms with van der Waals surface area (Å²) in [4.78, 5) is 1.96. The van der Waals surface area contributed by atoms with E-state index in [2.05, 4.69) is 60.6 Å². The highest BCUT2D eigenvalue weighted by molar-refractivity contribution is 5.39. The first-order valence-electron chi connectivity index (χ1n) is 7.12. The van der Waals surface area contributed by atoms with E-state index in [4.69, 9.17) is 0 Å². The Balaban J connectivity index is 3.51. The van der Waals surface area contributed by atoms with E-state index in [0.29, 0.717) is 0 Å². The molecule has 0 aromatic carbocycles. The SMILES string of the molecule is CC1=CC(C(C)(C)C)C(O)(N(C)C)C(C(C)(C)C)=C1. The van der Waals surface area contributed by atoms with Crippen LogP contribution < -0.4 is 0 Å². The predicted octanol–water partition coefficient (Wildman–Crippen LogP) is 3.83. The second kappa shape index (κ2) is 4.75. The van der Waals surface area contributed by atoms with E-state index in [9.17, 15) is 5.11 Å². The second-order valence-corrected chi connectivity index (χ2v) is 8.18. The number of aliphatic hydroxyl groups is 1. The zero-order chi connectivity index (χ0) is 15.2. The Morgan fingerprint density at radius 3 is 1.89 bits per heavy atom. The van der Waals surface area contributed by atoms with Crippen LogP contribution >= 0.6 is 0 Å². The lowest BCUT2D eigenvalue weighted by Gasteiger charge is -2.52. The first-order chi connectivity index (χ1) is 8.31. The minimum absolute atomic E-state index is 0.00500. The van der Waals surface area contributed by atoms with Crippen molar-refractivity contribution in [3.05, 3.63) is 23.3 Å². The monoisotopic (exact) mass is 265 g/mol. The normalized spacial score (nSPS) is 29.3. The van der Waals surface area contributed by atoms with Gasteiger partial charge < -0.3 is 5.11 Å². The maximum Gasteiger partial charge on any atom is 0.147 e. The van der Waals surface area contributed by atoms with Gasteiger partial charge in [0, 0.05) is 5.92 Å². The second-order valence-electron chi connectivity index (χ2n) is 8.18. The Kier molecular flexibility index (Phi) is 4.11. The number of allylic oxidation sites excluding steroid dienone is 2. The van der Waals surface area contributed by atoms with Gasteiger partial charge >= 0.3 is 0 Å². The van der Waals surface area contributed by atoms with Crippen LogP contribution in [0.1, 0.15) is 48.5 Å². The third-order valence-electron chi connectivity index (χ3n) is 4.05. The van der Waals surface area contributed by atoms with E-state index in [1.54, 1.807) is 0 Å². The molecule has 2 unspecified atom stereocenters. The summed E-state index contributed by atoms with van der Waals surface area (Å²) in [6.45, 7) is 15.2. The maximum atomic E-state index is 11.5. The van der Waals surface area contributed by atoms with Gasteiger partial charge in [-0.05, 0) is 37.4 Å². The smallest absolute Gasteiger partial charge is 0.147 e. The number of hydrogen-bond donors (Lipinski definition) is 1. The van der Waals surface area contributed by atoms with Crippen LogP contribution in [0.15, 0.2) is 23.3 Å². The molecule has 0 saturated carbocycles. The first kappa shape index (κ1) is 16.5. The highest BCUT2D eigenvalue weighted by Gasteiger charge is 2.50. The predicted molar refractivity (Wildman–Crippen MR) is 82.9 cm³/mol. The lowest BCUT2D eigenvalue weighted by atomic mass is 9.63. The molecular formula is C17H31NO. The molecule has 19 heavy (non-hydrogen) atoms.